The van der Waals surface area contributed by atoms with E-state index >= 15 is 0 Å². The predicted octanol–water partition coefficient (Wildman–Crippen LogP) is 10.7. The van der Waals surface area contributed by atoms with Crippen LogP contribution in [0.25, 0.3) is 49.8 Å². The lowest BCUT2D eigenvalue weighted by Gasteiger charge is -2.42. The van der Waals surface area contributed by atoms with Crippen molar-refractivity contribution in [2.24, 2.45) is 0 Å². The topological polar surface area (TPSA) is 21.3 Å². The van der Waals surface area contributed by atoms with Crippen molar-refractivity contribution in [1.29, 1.82) is 0 Å². The van der Waals surface area contributed by atoms with Crippen LogP contribution in [0.15, 0.2) is 126 Å². The SMILES string of the molecule is Cc1cc2c3c(c1)-n1c4c(cccc4c4oc5ccccc5c41)B3c1ccc(C(C)(C)C)cc1N2c1ccc(C(C)(C)C)cc1-c1ccccc1. The van der Waals surface area contributed by atoms with Crippen LogP contribution in [0.5, 0.6) is 0 Å². The van der Waals surface area contributed by atoms with E-state index in [2.05, 4.69) is 179 Å². The predicted molar refractivity (Wildman–Crippen MR) is 217 cm³/mol. The molecule has 0 N–H and O–H groups in total. The average Bonchev–Trinajstić information content (AvgIpc) is 3.65. The molecular formula is C47H41BN2O. The van der Waals surface area contributed by atoms with Crippen molar-refractivity contribution in [2.45, 2.75) is 59.3 Å². The van der Waals surface area contributed by atoms with Crippen molar-refractivity contribution < 1.29 is 4.42 Å². The number of aromatic nitrogens is 1. The molecule has 0 radical (unpaired) electrons. The van der Waals surface area contributed by atoms with Crippen LogP contribution in [-0.2, 0) is 10.8 Å². The maximum Gasteiger partial charge on any atom is 0.252 e. The van der Waals surface area contributed by atoms with Crippen molar-refractivity contribution in [2.75, 3.05) is 4.90 Å². The number of hydrogen-bond donors (Lipinski definition) is 0. The molecule has 0 saturated heterocycles. The molecule has 0 spiro atoms. The summed E-state index contributed by atoms with van der Waals surface area (Å²) in [5.74, 6) is 0. The van der Waals surface area contributed by atoms with Gasteiger partial charge in [-0.05, 0) is 105 Å². The molecule has 4 heteroatoms. The van der Waals surface area contributed by atoms with Gasteiger partial charge in [0.1, 0.15) is 11.1 Å². The average molecular weight is 661 g/mol. The van der Waals surface area contributed by atoms with E-state index in [1.54, 1.807) is 0 Å². The van der Waals surface area contributed by atoms with Crippen LogP contribution in [0.3, 0.4) is 0 Å². The molecule has 0 aliphatic carbocycles. The minimum atomic E-state index is -0.0100. The molecule has 0 fully saturated rings. The molecule has 0 saturated carbocycles. The number of anilines is 3. The third-order valence-electron chi connectivity index (χ3n) is 11.3. The first kappa shape index (κ1) is 30.4. The van der Waals surface area contributed by atoms with Gasteiger partial charge in [0.2, 0.25) is 0 Å². The lowest BCUT2D eigenvalue weighted by atomic mass is 9.33. The van der Waals surface area contributed by atoms with Crippen molar-refractivity contribution in [3.63, 3.8) is 0 Å². The monoisotopic (exact) mass is 660 g/mol. The Balaban J connectivity index is 1.36. The normalized spacial score (nSPS) is 13.7. The minimum Gasteiger partial charge on any atom is -0.454 e. The Morgan fingerprint density at radius 2 is 1.24 bits per heavy atom. The molecule has 4 heterocycles. The van der Waals surface area contributed by atoms with E-state index in [0.29, 0.717) is 0 Å². The van der Waals surface area contributed by atoms with E-state index < -0.39 is 0 Å². The maximum absolute atomic E-state index is 6.68. The molecule has 0 unspecified atom stereocenters. The standard InChI is InChI=1S/C47H41BN2O/c1-28-24-39-42-40(25-28)50-43-33(45-44(50)32-16-11-12-19-41(32)51-45)17-13-18-36(43)48(42)35-22-20-31(47(5,6)7)27-38(35)49(39)37-23-21-30(46(2,3)4)26-34(37)29-14-9-8-10-15-29/h8-27H,1-7H3. The van der Waals surface area contributed by atoms with Crippen LogP contribution in [0.4, 0.5) is 17.1 Å². The Morgan fingerprint density at radius 3 is 2.02 bits per heavy atom. The van der Waals surface area contributed by atoms with E-state index in [4.69, 9.17) is 4.42 Å². The van der Waals surface area contributed by atoms with Crippen molar-refractivity contribution in [3.05, 3.63) is 138 Å². The molecule has 3 nitrogen and oxygen atoms in total. The zero-order valence-corrected chi connectivity index (χ0v) is 30.4. The molecule has 10 rings (SSSR count). The number of benzene rings is 6. The second-order valence-corrected chi connectivity index (χ2v) is 16.7. The molecule has 8 aromatic rings. The fraction of sp³-hybridized carbons (Fsp3) is 0.191. The molecule has 0 amide bonds. The summed E-state index contributed by atoms with van der Waals surface area (Å²) in [6.07, 6.45) is 0. The smallest absolute Gasteiger partial charge is 0.252 e. The minimum absolute atomic E-state index is 0.0100. The quantitative estimate of drug-likeness (QED) is 0.172. The highest BCUT2D eigenvalue weighted by Crippen LogP contribution is 2.47. The summed E-state index contributed by atoms with van der Waals surface area (Å²) in [5.41, 5.74) is 19.6. The Labute approximate surface area is 300 Å². The number of furan rings is 1. The summed E-state index contributed by atoms with van der Waals surface area (Å²) in [6.45, 7) is 16.2. The fourth-order valence-corrected chi connectivity index (χ4v) is 8.80. The third-order valence-corrected chi connectivity index (χ3v) is 11.3. The highest BCUT2D eigenvalue weighted by atomic mass is 16.3. The maximum atomic E-state index is 6.68. The number of aryl methyl sites for hydroxylation is 1. The second-order valence-electron chi connectivity index (χ2n) is 16.7. The van der Waals surface area contributed by atoms with Gasteiger partial charge < -0.3 is 13.9 Å². The lowest BCUT2D eigenvalue weighted by molar-refractivity contribution is 0.590. The zero-order chi connectivity index (χ0) is 35.0. The van der Waals surface area contributed by atoms with Crippen LogP contribution in [-0.4, -0.2) is 11.3 Å². The number of fused-ring (bicyclic) bond motifs is 9. The zero-order valence-electron chi connectivity index (χ0n) is 30.4. The first-order valence-electron chi connectivity index (χ1n) is 18.2. The highest BCUT2D eigenvalue weighted by Gasteiger charge is 2.43. The van der Waals surface area contributed by atoms with Gasteiger partial charge in [0.25, 0.3) is 6.71 Å². The van der Waals surface area contributed by atoms with E-state index in [9.17, 15) is 0 Å². The van der Waals surface area contributed by atoms with Crippen LogP contribution in [0.1, 0.15) is 58.2 Å². The van der Waals surface area contributed by atoms with Gasteiger partial charge in [-0.25, -0.2) is 0 Å². The molecule has 248 valence electrons. The Hall–Kier alpha value is -5.48. The van der Waals surface area contributed by atoms with Crippen LogP contribution in [0.2, 0.25) is 0 Å². The molecule has 2 aliphatic rings. The summed E-state index contributed by atoms with van der Waals surface area (Å²) >= 11 is 0. The van der Waals surface area contributed by atoms with E-state index in [1.165, 1.54) is 77.9 Å². The third kappa shape index (κ3) is 4.26. The molecule has 0 atom stereocenters. The molecule has 2 aliphatic heterocycles. The number of rotatable bonds is 2. The Bertz CT molecular complexity index is 2730. The van der Waals surface area contributed by atoms with Crippen molar-refractivity contribution in [1.82, 2.24) is 4.57 Å². The van der Waals surface area contributed by atoms with Gasteiger partial charge in [-0.1, -0.05) is 114 Å². The first-order valence-corrected chi connectivity index (χ1v) is 18.2. The van der Waals surface area contributed by atoms with Gasteiger partial charge in [0.05, 0.1) is 11.2 Å². The Morgan fingerprint density at radius 1 is 0.549 bits per heavy atom. The molecule has 2 aromatic heterocycles. The van der Waals surface area contributed by atoms with Crippen LogP contribution >= 0.6 is 0 Å². The number of para-hydroxylation sites is 2. The summed E-state index contributed by atoms with van der Waals surface area (Å²) in [4.78, 5) is 2.58. The first-order chi connectivity index (χ1) is 24.5. The van der Waals surface area contributed by atoms with Gasteiger partial charge in [-0.15, -0.1) is 0 Å². The van der Waals surface area contributed by atoms with Gasteiger partial charge >= 0.3 is 0 Å². The molecule has 51 heavy (non-hydrogen) atoms. The van der Waals surface area contributed by atoms with Crippen LogP contribution in [0, 0.1) is 6.92 Å². The van der Waals surface area contributed by atoms with Gasteiger partial charge in [0, 0.05) is 33.4 Å². The highest BCUT2D eigenvalue weighted by molar-refractivity contribution is 7.00. The van der Waals surface area contributed by atoms with E-state index in [-0.39, 0.29) is 17.5 Å². The summed E-state index contributed by atoms with van der Waals surface area (Å²) in [6, 6.07) is 45.4. The fourth-order valence-electron chi connectivity index (χ4n) is 8.80. The Kier molecular flexibility index (Phi) is 6.13. The summed E-state index contributed by atoms with van der Waals surface area (Å²) in [5, 5.41) is 2.32. The lowest BCUT2D eigenvalue weighted by Crippen LogP contribution is -2.60. The molecular weight excluding hydrogens is 619 g/mol. The second kappa shape index (κ2) is 10.3. The van der Waals surface area contributed by atoms with Gasteiger partial charge in [-0.3, -0.25) is 0 Å². The van der Waals surface area contributed by atoms with Crippen molar-refractivity contribution >= 4 is 73.1 Å². The molecule has 6 aromatic carbocycles. The summed E-state index contributed by atoms with van der Waals surface area (Å²) in [7, 11) is 0. The molecule has 0 bridgehead atoms. The van der Waals surface area contributed by atoms with E-state index in [1.807, 2.05) is 0 Å². The van der Waals surface area contributed by atoms with Gasteiger partial charge in [0.15, 0.2) is 5.58 Å². The summed E-state index contributed by atoms with van der Waals surface area (Å²) < 4.78 is 9.19. The van der Waals surface area contributed by atoms with Crippen molar-refractivity contribution in [3.8, 4) is 16.8 Å². The van der Waals surface area contributed by atoms with Crippen LogP contribution < -0.4 is 21.3 Å². The number of hydrogen-bond acceptors (Lipinski definition) is 2. The number of nitrogens with zero attached hydrogens (tertiary/aromatic N) is 2. The van der Waals surface area contributed by atoms with Gasteiger partial charge in [-0.2, -0.15) is 0 Å². The largest absolute Gasteiger partial charge is 0.454 e. The van der Waals surface area contributed by atoms with E-state index in [0.717, 1.165) is 22.1 Å².